The van der Waals surface area contributed by atoms with Crippen LogP contribution >= 0.6 is 11.3 Å². The predicted molar refractivity (Wildman–Crippen MR) is 104 cm³/mol. The zero-order valence-electron chi connectivity index (χ0n) is 15.0. The number of carbonyl (C=O) groups is 1. The monoisotopic (exact) mass is 398 g/mol. The van der Waals surface area contributed by atoms with Gasteiger partial charge in [-0.25, -0.2) is 9.50 Å². The third-order valence-corrected chi connectivity index (χ3v) is 5.17. The van der Waals surface area contributed by atoms with E-state index >= 15 is 0 Å². The molecule has 0 saturated carbocycles. The lowest BCUT2D eigenvalue weighted by molar-refractivity contribution is 0.0804. The smallest absolute Gasteiger partial charge is 0.261 e. The van der Waals surface area contributed by atoms with Gasteiger partial charge >= 0.3 is 0 Å². The summed E-state index contributed by atoms with van der Waals surface area (Å²) in [6, 6.07) is 1.76. The van der Waals surface area contributed by atoms with Crippen molar-refractivity contribution in [1.82, 2.24) is 29.7 Å². The summed E-state index contributed by atoms with van der Waals surface area (Å²) in [5, 5.41) is 31.2. The molecule has 0 saturated heterocycles. The fourth-order valence-electron chi connectivity index (χ4n) is 2.76. The first-order valence-corrected chi connectivity index (χ1v) is 9.41. The number of aromatic nitrogens is 5. The number of hydrogen-bond acceptors (Lipinski definition) is 7. The third-order valence-electron chi connectivity index (χ3n) is 4.24. The Labute approximate surface area is 163 Å². The molecule has 0 aromatic carbocycles. The van der Waals surface area contributed by atoms with E-state index in [0.29, 0.717) is 10.5 Å². The number of hydrogen-bond donors (Lipinski definition) is 3. The minimum absolute atomic E-state index is 0.00203. The number of carbonyl (C=O) groups excluding carboxylic acids is 1. The van der Waals surface area contributed by atoms with Crippen LogP contribution in [0.4, 0.5) is 0 Å². The molecule has 28 heavy (non-hydrogen) atoms. The van der Waals surface area contributed by atoms with Crippen LogP contribution in [-0.4, -0.2) is 59.8 Å². The Bertz CT molecular complexity index is 1130. The van der Waals surface area contributed by atoms with E-state index in [2.05, 4.69) is 20.5 Å². The van der Waals surface area contributed by atoms with E-state index in [1.807, 2.05) is 24.8 Å². The zero-order valence-corrected chi connectivity index (χ0v) is 15.8. The van der Waals surface area contributed by atoms with Gasteiger partial charge in [-0.3, -0.25) is 9.48 Å². The van der Waals surface area contributed by atoms with Gasteiger partial charge in [-0.1, -0.05) is 0 Å². The summed E-state index contributed by atoms with van der Waals surface area (Å²) in [6.07, 6.45) is 8.08. The summed E-state index contributed by atoms with van der Waals surface area (Å²) < 4.78 is 3.43. The van der Waals surface area contributed by atoms with E-state index in [9.17, 15) is 9.90 Å². The van der Waals surface area contributed by atoms with Crippen LogP contribution in [0, 0.1) is 0 Å². The Morgan fingerprint density at radius 3 is 2.79 bits per heavy atom. The normalized spacial score (nSPS) is 12.4. The van der Waals surface area contributed by atoms with E-state index in [0.717, 1.165) is 22.3 Å². The second-order valence-corrected chi connectivity index (χ2v) is 7.23. The van der Waals surface area contributed by atoms with E-state index in [4.69, 9.17) is 5.11 Å². The lowest BCUT2D eigenvalue weighted by atomic mass is 10.1. The van der Waals surface area contributed by atoms with Crippen molar-refractivity contribution in [2.75, 3.05) is 13.2 Å². The van der Waals surface area contributed by atoms with Crippen LogP contribution in [0.3, 0.4) is 0 Å². The highest BCUT2D eigenvalue weighted by Gasteiger charge is 2.15. The van der Waals surface area contributed by atoms with Crippen LogP contribution in [0.5, 0.6) is 0 Å². The molecule has 144 valence electrons. The first kappa shape index (κ1) is 18.3. The number of nitrogens with zero attached hydrogens (tertiary/aromatic N) is 5. The Hall–Kier alpha value is -3.08. The second-order valence-electron chi connectivity index (χ2n) is 6.32. The van der Waals surface area contributed by atoms with Gasteiger partial charge in [-0.15, -0.1) is 11.3 Å². The average molecular weight is 398 g/mol. The van der Waals surface area contributed by atoms with Gasteiger partial charge in [-0.2, -0.15) is 10.2 Å². The van der Waals surface area contributed by atoms with Gasteiger partial charge in [0, 0.05) is 48.9 Å². The quantitative estimate of drug-likeness (QED) is 0.445. The third kappa shape index (κ3) is 3.52. The largest absolute Gasteiger partial charge is 0.394 e. The fraction of sp³-hybridized carbons (Fsp3) is 0.222. The molecular formula is C18H18N6O3S. The van der Waals surface area contributed by atoms with Crippen molar-refractivity contribution in [3.63, 3.8) is 0 Å². The van der Waals surface area contributed by atoms with Crippen molar-refractivity contribution < 1.29 is 15.0 Å². The van der Waals surface area contributed by atoms with Crippen LogP contribution in [0.2, 0.25) is 0 Å². The van der Waals surface area contributed by atoms with Crippen LogP contribution in [0.25, 0.3) is 27.9 Å². The first-order valence-electron chi connectivity index (χ1n) is 8.53. The van der Waals surface area contributed by atoms with E-state index < -0.39 is 12.7 Å². The SMILES string of the molecule is Cn1cc(-c2cnc3c(-c4csc(C(=O)NCC(O)CO)c4)cnn3c2)cn1. The number of fused-ring (bicyclic) bond motifs is 1. The number of thiophene rings is 1. The Balaban J connectivity index is 1.58. The number of amides is 1. The lowest BCUT2D eigenvalue weighted by Gasteiger charge is -2.07. The standard InChI is InChI=1S/C18H18N6O3S/c1-23-7-13(4-21-23)12-3-19-17-15(6-22-24(17)8-12)11-2-16(28-10-11)18(27)20-5-14(26)9-25/h2-4,6-8,10,14,25-26H,5,9H2,1H3,(H,20,27). The van der Waals surface area contributed by atoms with Crippen molar-refractivity contribution in [2.45, 2.75) is 6.10 Å². The van der Waals surface area contributed by atoms with Crippen molar-refractivity contribution in [3.05, 3.63) is 47.3 Å². The van der Waals surface area contributed by atoms with E-state index in [1.54, 1.807) is 33.9 Å². The molecule has 1 amide bonds. The lowest BCUT2D eigenvalue weighted by Crippen LogP contribution is -2.33. The summed E-state index contributed by atoms with van der Waals surface area (Å²) in [5.41, 5.74) is 4.21. The minimum Gasteiger partial charge on any atom is -0.394 e. The molecule has 4 aromatic heterocycles. The second kappa shape index (κ2) is 7.50. The van der Waals surface area contributed by atoms with Gasteiger partial charge in [0.05, 0.1) is 30.0 Å². The Morgan fingerprint density at radius 2 is 2.04 bits per heavy atom. The van der Waals surface area contributed by atoms with Gasteiger partial charge in [-0.05, 0) is 17.0 Å². The topological polar surface area (TPSA) is 118 Å². The highest BCUT2D eigenvalue weighted by molar-refractivity contribution is 7.12. The van der Waals surface area contributed by atoms with Gasteiger partial charge in [0.2, 0.25) is 0 Å². The molecule has 0 fully saturated rings. The molecule has 10 heteroatoms. The molecule has 4 heterocycles. The van der Waals surface area contributed by atoms with Crippen molar-refractivity contribution in [2.24, 2.45) is 7.05 Å². The Kier molecular flexibility index (Phi) is 4.90. The molecule has 0 aliphatic carbocycles. The molecule has 4 rings (SSSR count). The minimum atomic E-state index is -0.971. The first-order chi connectivity index (χ1) is 13.5. The molecule has 0 bridgehead atoms. The summed E-state index contributed by atoms with van der Waals surface area (Å²) in [6.45, 7) is -0.400. The number of nitrogens with one attached hydrogen (secondary N) is 1. The Morgan fingerprint density at radius 1 is 1.21 bits per heavy atom. The number of aryl methyl sites for hydroxylation is 1. The van der Waals surface area contributed by atoms with Crippen molar-refractivity contribution >= 4 is 22.9 Å². The fourth-order valence-corrected chi connectivity index (χ4v) is 3.58. The average Bonchev–Trinajstić information content (AvgIpc) is 3.43. The van der Waals surface area contributed by atoms with Crippen LogP contribution < -0.4 is 5.32 Å². The molecular weight excluding hydrogens is 380 g/mol. The molecule has 3 N–H and O–H groups in total. The van der Waals surface area contributed by atoms with Gasteiger partial charge in [0.15, 0.2) is 5.65 Å². The van der Waals surface area contributed by atoms with Gasteiger partial charge < -0.3 is 15.5 Å². The maximum absolute atomic E-state index is 12.2. The highest BCUT2D eigenvalue weighted by atomic mass is 32.1. The molecule has 4 aromatic rings. The number of aliphatic hydroxyl groups is 2. The van der Waals surface area contributed by atoms with Gasteiger partial charge in [0.1, 0.15) is 0 Å². The summed E-state index contributed by atoms with van der Waals surface area (Å²) in [5.74, 6) is -0.299. The maximum Gasteiger partial charge on any atom is 0.261 e. The molecule has 1 atom stereocenters. The molecule has 0 radical (unpaired) electrons. The molecule has 1 unspecified atom stereocenters. The molecule has 0 spiro atoms. The predicted octanol–water partition coefficient (Wildman–Crippen LogP) is 0.941. The van der Waals surface area contributed by atoms with E-state index in [-0.39, 0.29) is 12.5 Å². The van der Waals surface area contributed by atoms with Crippen molar-refractivity contribution in [1.29, 1.82) is 0 Å². The number of aliphatic hydroxyl groups excluding tert-OH is 2. The zero-order chi connectivity index (χ0) is 19.7. The molecule has 9 nitrogen and oxygen atoms in total. The van der Waals surface area contributed by atoms with Crippen molar-refractivity contribution in [3.8, 4) is 22.3 Å². The summed E-state index contributed by atoms with van der Waals surface area (Å²) in [4.78, 5) is 17.2. The molecule has 0 aliphatic rings. The van der Waals surface area contributed by atoms with Crippen LogP contribution in [0.15, 0.2) is 42.4 Å². The van der Waals surface area contributed by atoms with Gasteiger partial charge in [0.25, 0.3) is 5.91 Å². The number of rotatable bonds is 6. The highest BCUT2D eigenvalue weighted by Crippen LogP contribution is 2.29. The summed E-state index contributed by atoms with van der Waals surface area (Å²) >= 11 is 1.29. The van der Waals surface area contributed by atoms with E-state index in [1.165, 1.54) is 11.3 Å². The summed E-state index contributed by atoms with van der Waals surface area (Å²) in [7, 11) is 1.86. The molecule has 0 aliphatic heterocycles. The van der Waals surface area contributed by atoms with Crippen LogP contribution in [0.1, 0.15) is 9.67 Å². The van der Waals surface area contributed by atoms with Crippen LogP contribution in [-0.2, 0) is 7.05 Å². The maximum atomic E-state index is 12.2.